The van der Waals surface area contributed by atoms with Crippen molar-refractivity contribution in [3.05, 3.63) is 138 Å². The fourth-order valence-electron chi connectivity index (χ4n) is 6.30. The number of fused-ring (bicyclic) bond motifs is 6. The highest BCUT2D eigenvalue weighted by molar-refractivity contribution is 6.11. The number of hydrogen-bond donors (Lipinski definition) is 0. The second kappa shape index (κ2) is 9.71. The fraction of sp³-hybridized carbons (Fsp3) is 0. The Kier molecular flexibility index (Phi) is 5.53. The van der Waals surface area contributed by atoms with Crippen LogP contribution in [0.5, 0.6) is 0 Å². The number of rotatable bonds is 3. The number of pyridine rings is 1. The zero-order chi connectivity index (χ0) is 29.8. The molecule has 0 atom stereocenters. The normalized spacial score (nSPS) is 11.1. The lowest BCUT2D eigenvalue weighted by molar-refractivity contribution is 1.01. The highest BCUT2D eigenvalue weighted by Gasteiger charge is 2.19. The number of benzene rings is 5. The van der Waals surface area contributed by atoms with Gasteiger partial charge in [0.05, 0.1) is 57.0 Å². The van der Waals surface area contributed by atoms with Gasteiger partial charge in [0.1, 0.15) is 11.6 Å². The van der Waals surface area contributed by atoms with Crippen molar-refractivity contribution >= 4 is 43.6 Å². The molecule has 0 aliphatic rings. The van der Waals surface area contributed by atoms with E-state index in [1.807, 2.05) is 84.9 Å². The summed E-state index contributed by atoms with van der Waals surface area (Å²) in [5.41, 5.74) is 7.07. The van der Waals surface area contributed by atoms with Crippen LogP contribution in [0.3, 0.4) is 0 Å². The summed E-state index contributed by atoms with van der Waals surface area (Å²) in [6.07, 6.45) is 0. The number of nitriles is 3. The Balaban J connectivity index is 1.52. The average Bonchev–Trinajstić information content (AvgIpc) is 3.60. The van der Waals surface area contributed by atoms with E-state index >= 15 is 0 Å². The lowest BCUT2D eigenvalue weighted by Crippen LogP contribution is -2.04. The molecule has 6 heteroatoms. The van der Waals surface area contributed by atoms with Gasteiger partial charge in [0.25, 0.3) is 0 Å². The maximum atomic E-state index is 10.0. The lowest BCUT2D eigenvalue weighted by Gasteiger charge is -2.15. The second-order valence-corrected chi connectivity index (χ2v) is 10.6. The first-order valence-corrected chi connectivity index (χ1v) is 14.1. The predicted octanol–water partition coefficient (Wildman–Crippen LogP) is 8.56. The van der Waals surface area contributed by atoms with Crippen LogP contribution in [-0.2, 0) is 0 Å². The summed E-state index contributed by atoms with van der Waals surface area (Å²) < 4.78 is 4.24. The van der Waals surface area contributed by atoms with Gasteiger partial charge in [0, 0.05) is 21.5 Å². The average molecular weight is 561 g/mol. The second-order valence-electron chi connectivity index (χ2n) is 10.6. The minimum absolute atomic E-state index is 0.537. The van der Waals surface area contributed by atoms with E-state index in [2.05, 4.69) is 51.6 Å². The first-order valence-electron chi connectivity index (χ1n) is 14.1. The van der Waals surface area contributed by atoms with Crippen LogP contribution in [0.1, 0.15) is 16.7 Å². The van der Waals surface area contributed by atoms with E-state index in [1.165, 1.54) is 0 Å². The quantitative estimate of drug-likeness (QED) is 0.216. The van der Waals surface area contributed by atoms with Crippen molar-refractivity contribution in [1.29, 1.82) is 15.8 Å². The summed E-state index contributed by atoms with van der Waals surface area (Å²) >= 11 is 0. The van der Waals surface area contributed by atoms with Gasteiger partial charge in [-0.15, -0.1) is 0 Å². The Morgan fingerprint density at radius 2 is 0.932 bits per heavy atom. The molecule has 0 saturated carbocycles. The molecule has 0 saturated heterocycles. The van der Waals surface area contributed by atoms with E-state index in [1.54, 1.807) is 12.1 Å². The molecule has 8 aromatic rings. The SMILES string of the molecule is N#Cc1ccc2c(c1)c1cc(C#N)ccc1n2-c1cc(-c2ccccc2C#N)cc(-n2c3ccccc3c3ccccc32)n1. The largest absolute Gasteiger partial charge is 0.294 e. The van der Waals surface area contributed by atoms with Crippen LogP contribution in [0, 0.1) is 34.0 Å². The molecule has 8 rings (SSSR count). The minimum atomic E-state index is 0.537. The Morgan fingerprint density at radius 1 is 0.455 bits per heavy atom. The van der Waals surface area contributed by atoms with Crippen LogP contribution in [0.15, 0.2) is 121 Å². The van der Waals surface area contributed by atoms with Gasteiger partial charge < -0.3 is 0 Å². The van der Waals surface area contributed by atoms with Crippen LogP contribution in [-0.4, -0.2) is 14.1 Å². The van der Waals surface area contributed by atoms with E-state index in [4.69, 9.17) is 4.98 Å². The number of aromatic nitrogens is 3. The van der Waals surface area contributed by atoms with Crippen LogP contribution in [0.25, 0.3) is 66.4 Å². The molecular formula is C38H20N6. The van der Waals surface area contributed by atoms with Crippen molar-refractivity contribution in [3.63, 3.8) is 0 Å². The third-order valence-electron chi connectivity index (χ3n) is 8.22. The molecule has 0 radical (unpaired) electrons. The monoisotopic (exact) mass is 560 g/mol. The molecule has 5 aromatic carbocycles. The van der Waals surface area contributed by atoms with Crippen LogP contribution < -0.4 is 0 Å². The molecule has 0 bridgehead atoms. The fourth-order valence-corrected chi connectivity index (χ4v) is 6.30. The van der Waals surface area contributed by atoms with Crippen LogP contribution >= 0.6 is 0 Å². The van der Waals surface area contributed by atoms with Gasteiger partial charge in [-0.1, -0.05) is 54.6 Å². The Bertz CT molecular complexity index is 2470. The molecular weight excluding hydrogens is 540 g/mol. The van der Waals surface area contributed by atoms with Crippen molar-refractivity contribution in [2.24, 2.45) is 0 Å². The number of hydrogen-bond acceptors (Lipinski definition) is 4. The summed E-state index contributed by atoms with van der Waals surface area (Å²) in [5.74, 6) is 1.36. The summed E-state index contributed by atoms with van der Waals surface area (Å²) in [5, 5.41) is 33.3. The predicted molar refractivity (Wildman–Crippen MR) is 172 cm³/mol. The Hall–Kier alpha value is -6.68. The van der Waals surface area contributed by atoms with E-state index in [0.717, 1.165) is 54.7 Å². The maximum absolute atomic E-state index is 10.0. The molecule has 44 heavy (non-hydrogen) atoms. The number of para-hydroxylation sites is 2. The maximum Gasteiger partial charge on any atom is 0.140 e. The minimum Gasteiger partial charge on any atom is -0.294 e. The van der Waals surface area contributed by atoms with Crippen LogP contribution in [0.2, 0.25) is 0 Å². The summed E-state index contributed by atoms with van der Waals surface area (Å²) in [4.78, 5) is 5.30. The van der Waals surface area contributed by atoms with Gasteiger partial charge in [-0.2, -0.15) is 15.8 Å². The topological polar surface area (TPSA) is 94.1 Å². The molecule has 0 unspecified atom stereocenters. The smallest absolute Gasteiger partial charge is 0.140 e. The molecule has 6 nitrogen and oxygen atoms in total. The van der Waals surface area contributed by atoms with Gasteiger partial charge in [-0.25, -0.2) is 4.98 Å². The van der Waals surface area contributed by atoms with Crippen molar-refractivity contribution in [3.8, 4) is 41.0 Å². The Morgan fingerprint density at radius 3 is 1.45 bits per heavy atom. The van der Waals surface area contributed by atoms with Crippen molar-refractivity contribution in [2.45, 2.75) is 0 Å². The first kappa shape index (κ1) is 25.1. The van der Waals surface area contributed by atoms with Gasteiger partial charge in [0.2, 0.25) is 0 Å². The van der Waals surface area contributed by atoms with Crippen LogP contribution in [0.4, 0.5) is 0 Å². The Labute approximate surface area is 252 Å². The van der Waals surface area contributed by atoms with Gasteiger partial charge in [-0.05, 0) is 77.9 Å². The third-order valence-corrected chi connectivity index (χ3v) is 8.22. The molecule has 0 amide bonds. The first-order chi connectivity index (χ1) is 21.7. The highest BCUT2D eigenvalue weighted by Crippen LogP contribution is 2.37. The van der Waals surface area contributed by atoms with Gasteiger partial charge in [-0.3, -0.25) is 9.13 Å². The van der Waals surface area contributed by atoms with E-state index in [0.29, 0.717) is 28.3 Å². The molecule has 0 aliphatic heterocycles. The highest BCUT2D eigenvalue weighted by atomic mass is 15.1. The van der Waals surface area contributed by atoms with Gasteiger partial charge in [0.15, 0.2) is 0 Å². The lowest BCUT2D eigenvalue weighted by atomic mass is 10.0. The van der Waals surface area contributed by atoms with Gasteiger partial charge >= 0.3 is 0 Å². The molecule has 202 valence electrons. The summed E-state index contributed by atoms with van der Waals surface area (Å²) in [6, 6.07) is 46.2. The molecule has 0 N–H and O–H groups in total. The summed E-state index contributed by atoms with van der Waals surface area (Å²) in [6.45, 7) is 0. The standard InChI is InChI=1S/C38H20N6/c39-21-24-13-15-35-31(17-24)32-18-25(22-40)14-16-36(32)44(35)38-20-27(28-8-2-1-7-26(28)23-41)19-37(42-38)43-33-11-5-3-9-29(33)30-10-4-6-12-34(30)43/h1-20H. The molecule has 3 heterocycles. The molecule has 0 fully saturated rings. The van der Waals surface area contributed by atoms with E-state index in [9.17, 15) is 15.8 Å². The van der Waals surface area contributed by atoms with Crippen molar-refractivity contribution in [1.82, 2.24) is 14.1 Å². The third kappa shape index (κ3) is 3.68. The molecule has 0 aliphatic carbocycles. The van der Waals surface area contributed by atoms with E-state index in [-0.39, 0.29) is 0 Å². The summed E-state index contributed by atoms with van der Waals surface area (Å²) in [7, 11) is 0. The molecule has 3 aromatic heterocycles. The zero-order valence-corrected chi connectivity index (χ0v) is 23.2. The van der Waals surface area contributed by atoms with Crippen molar-refractivity contribution in [2.75, 3.05) is 0 Å². The zero-order valence-electron chi connectivity index (χ0n) is 23.2. The number of nitrogens with zero attached hydrogens (tertiary/aromatic N) is 6. The van der Waals surface area contributed by atoms with E-state index < -0.39 is 0 Å². The van der Waals surface area contributed by atoms with Crippen molar-refractivity contribution < 1.29 is 0 Å². The molecule has 0 spiro atoms.